The minimum absolute atomic E-state index is 0.0872. The van der Waals surface area contributed by atoms with Crippen LogP contribution in [0.2, 0.25) is 5.02 Å². The van der Waals surface area contributed by atoms with Crippen LogP contribution in [0.1, 0.15) is 31.7 Å². The fraction of sp³-hybridized carbons (Fsp3) is 0.500. The molecule has 4 heteroatoms. The van der Waals surface area contributed by atoms with E-state index in [0.29, 0.717) is 12.0 Å². The minimum atomic E-state index is -0.0872. The molecular weight excluding hydrogens is 246 g/mol. The third-order valence-corrected chi connectivity index (χ3v) is 4.30. The Labute approximate surface area is 113 Å². The van der Waals surface area contributed by atoms with Gasteiger partial charge >= 0.3 is 0 Å². The Balaban J connectivity index is 2.04. The minimum Gasteiger partial charge on any atom is -0.370 e. The Kier molecular flexibility index (Phi) is 2.74. The van der Waals surface area contributed by atoms with E-state index >= 15 is 0 Å². The Morgan fingerprint density at radius 1 is 1.50 bits per heavy atom. The maximum absolute atomic E-state index is 6.13. The zero-order valence-electron chi connectivity index (χ0n) is 10.6. The second-order valence-corrected chi connectivity index (χ2v) is 5.61. The molecule has 0 saturated heterocycles. The van der Waals surface area contributed by atoms with Crippen LogP contribution in [-0.4, -0.2) is 23.4 Å². The molecule has 3 rings (SSSR count). The number of halogens is 1. The molecule has 1 saturated carbocycles. The second kappa shape index (κ2) is 4.16. The van der Waals surface area contributed by atoms with Crippen LogP contribution in [0.15, 0.2) is 29.3 Å². The van der Waals surface area contributed by atoms with E-state index < -0.39 is 0 Å². The molecule has 18 heavy (non-hydrogen) atoms. The fourth-order valence-corrected chi connectivity index (χ4v) is 3.14. The summed E-state index contributed by atoms with van der Waals surface area (Å²) in [5.41, 5.74) is 7.23. The number of guanidine groups is 1. The van der Waals surface area contributed by atoms with Crippen LogP contribution >= 0.6 is 11.6 Å². The Bertz CT molecular complexity index is 496. The summed E-state index contributed by atoms with van der Waals surface area (Å²) in [5, 5.41) is 0.779. The number of hydrogen-bond donors (Lipinski definition) is 1. The van der Waals surface area contributed by atoms with Crippen LogP contribution in [0.25, 0.3) is 0 Å². The van der Waals surface area contributed by atoms with Gasteiger partial charge in [0.25, 0.3) is 0 Å². The lowest BCUT2D eigenvalue weighted by molar-refractivity contribution is 0.185. The molecule has 1 aromatic rings. The average Bonchev–Trinajstić information content (AvgIpc) is 3.13. The van der Waals surface area contributed by atoms with Crippen molar-refractivity contribution in [3.05, 3.63) is 34.9 Å². The van der Waals surface area contributed by atoms with Crippen LogP contribution < -0.4 is 5.73 Å². The zero-order chi connectivity index (χ0) is 12.8. The van der Waals surface area contributed by atoms with Crippen molar-refractivity contribution in [1.82, 2.24) is 4.90 Å². The normalized spacial score (nSPS) is 27.4. The molecule has 96 valence electrons. The van der Waals surface area contributed by atoms with Crippen LogP contribution in [0.3, 0.4) is 0 Å². The molecule has 1 aromatic carbocycles. The van der Waals surface area contributed by atoms with Gasteiger partial charge in [-0.25, -0.2) is 0 Å². The number of benzene rings is 1. The first kappa shape index (κ1) is 11.8. The van der Waals surface area contributed by atoms with Crippen LogP contribution in [0.4, 0.5) is 0 Å². The van der Waals surface area contributed by atoms with Crippen molar-refractivity contribution in [2.24, 2.45) is 10.7 Å². The summed E-state index contributed by atoms with van der Waals surface area (Å²) in [4.78, 5) is 6.80. The van der Waals surface area contributed by atoms with Gasteiger partial charge in [-0.3, -0.25) is 4.99 Å². The molecule has 1 aliphatic heterocycles. The van der Waals surface area contributed by atoms with Gasteiger partial charge < -0.3 is 10.6 Å². The van der Waals surface area contributed by atoms with Crippen molar-refractivity contribution < 1.29 is 0 Å². The fourth-order valence-electron chi connectivity index (χ4n) is 2.95. The summed E-state index contributed by atoms with van der Waals surface area (Å²) >= 11 is 6.13. The highest BCUT2D eigenvalue weighted by Gasteiger charge is 2.48. The Morgan fingerprint density at radius 3 is 2.89 bits per heavy atom. The van der Waals surface area contributed by atoms with E-state index in [1.807, 2.05) is 12.1 Å². The van der Waals surface area contributed by atoms with Crippen molar-refractivity contribution in [3.8, 4) is 0 Å². The van der Waals surface area contributed by atoms with Crippen molar-refractivity contribution in [2.75, 3.05) is 6.54 Å². The highest BCUT2D eigenvalue weighted by molar-refractivity contribution is 6.30. The number of hydrogen-bond acceptors (Lipinski definition) is 3. The molecule has 0 spiro atoms. The van der Waals surface area contributed by atoms with E-state index in [-0.39, 0.29) is 5.54 Å². The molecule has 1 atom stereocenters. The van der Waals surface area contributed by atoms with Gasteiger partial charge in [0.2, 0.25) is 0 Å². The molecule has 0 aromatic heterocycles. The lowest BCUT2D eigenvalue weighted by Gasteiger charge is -2.39. The Hall–Kier alpha value is -1.22. The lowest BCUT2D eigenvalue weighted by atomic mass is 9.86. The van der Waals surface area contributed by atoms with E-state index in [4.69, 9.17) is 17.3 Å². The molecule has 1 unspecified atom stereocenters. The molecule has 3 nitrogen and oxygen atoms in total. The second-order valence-electron chi connectivity index (χ2n) is 5.17. The predicted molar refractivity (Wildman–Crippen MR) is 74.8 cm³/mol. The molecule has 1 heterocycles. The van der Waals surface area contributed by atoms with Crippen LogP contribution in [-0.2, 0) is 5.54 Å². The van der Waals surface area contributed by atoms with Crippen LogP contribution in [0.5, 0.6) is 0 Å². The van der Waals surface area contributed by atoms with Crippen molar-refractivity contribution in [2.45, 2.75) is 37.8 Å². The van der Waals surface area contributed by atoms with E-state index in [2.05, 4.69) is 28.9 Å². The van der Waals surface area contributed by atoms with Gasteiger partial charge in [-0.15, -0.1) is 0 Å². The molecule has 0 amide bonds. The molecule has 2 N–H and O–H groups in total. The highest BCUT2D eigenvalue weighted by Crippen LogP contribution is 2.43. The molecular formula is C14H18ClN3. The summed E-state index contributed by atoms with van der Waals surface area (Å²) in [6.07, 6.45) is 3.44. The first-order valence-electron chi connectivity index (χ1n) is 6.52. The van der Waals surface area contributed by atoms with Gasteiger partial charge in [-0.1, -0.05) is 30.7 Å². The largest absolute Gasteiger partial charge is 0.370 e. The number of nitrogens with two attached hydrogens (primary N) is 1. The highest BCUT2D eigenvalue weighted by atomic mass is 35.5. The van der Waals surface area contributed by atoms with Crippen molar-refractivity contribution >= 4 is 17.6 Å². The third kappa shape index (κ3) is 1.69. The summed E-state index contributed by atoms with van der Waals surface area (Å²) in [7, 11) is 0. The lowest BCUT2D eigenvalue weighted by Crippen LogP contribution is -2.50. The first-order chi connectivity index (χ1) is 8.67. The van der Waals surface area contributed by atoms with Crippen molar-refractivity contribution in [3.63, 3.8) is 0 Å². The Morgan fingerprint density at radius 2 is 2.28 bits per heavy atom. The van der Waals surface area contributed by atoms with Gasteiger partial charge in [0.1, 0.15) is 0 Å². The van der Waals surface area contributed by atoms with E-state index in [0.717, 1.165) is 18.0 Å². The maximum Gasteiger partial charge on any atom is 0.192 e. The SMILES string of the molecule is CCC1(c2cccc(Cl)c2)CN=C(N)N1C1CC1. The predicted octanol–water partition coefficient (Wildman–Crippen LogP) is 2.74. The van der Waals surface area contributed by atoms with E-state index in [9.17, 15) is 0 Å². The standard InChI is InChI=1S/C14H18ClN3/c1-2-14(10-4-3-5-11(15)8-10)9-17-13(16)18(14)12-6-7-12/h3-5,8,12H,2,6-7,9H2,1H3,(H2,16,17). The number of nitrogens with zero attached hydrogens (tertiary/aromatic N) is 2. The van der Waals surface area contributed by atoms with Gasteiger partial charge in [-0.05, 0) is 37.0 Å². The molecule has 2 aliphatic rings. The van der Waals surface area contributed by atoms with E-state index in [1.54, 1.807) is 0 Å². The summed E-state index contributed by atoms with van der Waals surface area (Å²) in [5.74, 6) is 0.694. The monoisotopic (exact) mass is 263 g/mol. The van der Waals surface area contributed by atoms with Gasteiger partial charge in [0.15, 0.2) is 5.96 Å². The maximum atomic E-state index is 6.13. The van der Waals surface area contributed by atoms with Gasteiger partial charge in [0, 0.05) is 11.1 Å². The first-order valence-corrected chi connectivity index (χ1v) is 6.90. The quantitative estimate of drug-likeness (QED) is 0.911. The summed E-state index contributed by atoms with van der Waals surface area (Å²) in [6.45, 7) is 2.94. The smallest absolute Gasteiger partial charge is 0.192 e. The topological polar surface area (TPSA) is 41.6 Å². The van der Waals surface area contributed by atoms with Gasteiger partial charge in [-0.2, -0.15) is 0 Å². The van der Waals surface area contributed by atoms with Gasteiger partial charge in [0.05, 0.1) is 12.1 Å². The number of rotatable bonds is 3. The van der Waals surface area contributed by atoms with Crippen molar-refractivity contribution in [1.29, 1.82) is 0 Å². The third-order valence-electron chi connectivity index (χ3n) is 4.07. The summed E-state index contributed by atoms with van der Waals surface area (Å²) in [6, 6.07) is 8.67. The molecule has 1 fully saturated rings. The average molecular weight is 264 g/mol. The molecule has 0 radical (unpaired) electrons. The van der Waals surface area contributed by atoms with Crippen LogP contribution in [0, 0.1) is 0 Å². The summed E-state index contributed by atoms with van der Waals surface area (Å²) < 4.78 is 0. The van der Waals surface area contributed by atoms with E-state index in [1.165, 1.54) is 18.4 Å². The molecule has 1 aliphatic carbocycles. The number of aliphatic imine (C=N–C) groups is 1. The zero-order valence-corrected chi connectivity index (χ0v) is 11.3. The molecule has 0 bridgehead atoms.